The van der Waals surface area contributed by atoms with Gasteiger partial charge in [-0.05, 0) is 49.2 Å². The fourth-order valence-electron chi connectivity index (χ4n) is 3.76. The molecule has 1 N–H and O–H groups in total. The summed E-state index contributed by atoms with van der Waals surface area (Å²) in [6.07, 6.45) is 0.916. The van der Waals surface area contributed by atoms with Gasteiger partial charge in [0.25, 0.3) is 5.91 Å². The quantitative estimate of drug-likeness (QED) is 0.900. The van der Waals surface area contributed by atoms with E-state index in [1.165, 1.54) is 11.8 Å². The number of rotatable bonds is 3. The van der Waals surface area contributed by atoms with Crippen LogP contribution < -0.4 is 15.1 Å². The zero-order valence-electron chi connectivity index (χ0n) is 15.1. The van der Waals surface area contributed by atoms with Crippen molar-refractivity contribution in [2.75, 3.05) is 29.2 Å². The Morgan fingerprint density at radius 2 is 2.00 bits per heavy atom. The molecule has 2 heterocycles. The number of hydrogen-bond acceptors (Lipinski definition) is 4. The number of fused-ring (bicyclic) bond motifs is 3. The minimum Gasteiger partial charge on any atom is -0.377 e. The summed E-state index contributed by atoms with van der Waals surface area (Å²) in [4.78, 5) is 29.5. The predicted octanol–water partition coefficient (Wildman–Crippen LogP) is 3.63. The number of benzene rings is 2. The van der Waals surface area contributed by atoms with E-state index in [1.807, 2.05) is 68.4 Å². The van der Waals surface area contributed by atoms with Crippen LogP contribution in [0, 0.1) is 6.92 Å². The highest BCUT2D eigenvalue weighted by Crippen LogP contribution is 2.56. The lowest BCUT2D eigenvalue weighted by Crippen LogP contribution is -2.49. The average Bonchev–Trinajstić information content (AvgIpc) is 3.11. The number of carbonyl (C=O) groups is 2. The van der Waals surface area contributed by atoms with Gasteiger partial charge in [0.1, 0.15) is 0 Å². The third-order valence-electron chi connectivity index (χ3n) is 4.96. The van der Waals surface area contributed by atoms with Gasteiger partial charge in [0.05, 0.1) is 5.69 Å². The first kappa shape index (κ1) is 17.0. The van der Waals surface area contributed by atoms with Crippen molar-refractivity contribution in [2.24, 2.45) is 0 Å². The Kier molecular flexibility index (Phi) is 3.95. The van der Waals surface area contributed by atoms with Crippen LogP contribution >= 0.6 is 11.8 Å². The van der Waals surface area contributed by atoms with Crippen LogP contribution in [-0.4, -0.2) is 30.8 Å². The zero-order chi connectivity index (χ0) is 18.5. The van der Waals surface area contributed by atoms with Crippen LogP contribution in [-0.2, 0) is 9.59 Å². The number of nitrogens with zero attached hydrogens (tertiary/aromatic N) is 2. The Bertz CT molecular complexity index is 912. The second-order valence-electron chi connectivity index (χ2n) is 6.93. The molecule has 1 unspecified atom stereocenters. The van der Waals surface area contributed by atoms with Crippen molar-refractivity contribution in [3.8, 4) is 0 Å². The minimum absolute atomic E-state index is 0.0109. The van der Waals surface area contributed by atoms with Crippen LogP contribution in [0.1, 0.15) is 18.4 Å². The standard InChI is InChI=1S/C20H21N3O2S/c1-13-12-14(8-9-15(13)22(2)3)21-19(25)20-11-10-18(24)23(20)16-6-4-5-7-17(16)26-20/h4-9,12H,10-11H2,1-3H3,(H,21,25). The maximum atomic E-state index is 13.2. The molecule has 1 atom stereocenters. The highest BCUT2D eigenvalue weighted by molar-refractivity contribution is 8.02. The van der Waals surface area contributed by atoms with Gasteiger partial charge in [-0.15, -0.1) is 0 Å². The lowest BCUT2D eigenvalue weighted by molar-refractivity contribution is -0.121. The molecule has 2 aromatic carbocycles. The molecule has 0 aliphatic carbocycles. The second-order valence-corrected chi connectivity index (χ2v) is 8.25. The SMILES string of the molecule is Cc1cc(NC(=O)C23CCC(=O)N2c2ccccc2S3)ccc1N(C)C. The summed E-state index contributed by atoms with van der Waals surface area (Å²) in [5, 5.41) is 3.04. The number of nitrogens with one attached hydrogen (secondary N) is 1. The van der Waals surface area contributed by atoms with Crippen molar-refractivity contribution in [3.63, 3.8) is 0 Å². The Balaban J connectivity index is 1.64. The normalized spacial score (nSPS) is 20.7. The van der Waals surface area contributed by atoms with E-state index in [4.69, 9.17) is 0 Å². The maximum absolute atomic E-state index is 13.2. The fourth-order valence-corrected chi connectivity index (χ4v) is 5.18. The third-order valence-corrected chi connectivity index (χ3v) is 6.44. The lowest BCUT2D eigenvalue weighted by atomic mass is 10.1. The van der Waals surface area contributed by atoms with Crippen LogP contribution in [0.2, 0.25) is 0 Å². The first-order valence-corrected chi connectivity index (χ1v) is 9.44. The molecule has 1 saturated heterocycles. The van der Waals surface area contributed by atoms with E-state index in [2.05, 4.69) is 5.32 Å². The molecule has 2 aliphatic rings. The topological polar surface area (TPSA) is 52.7 Å². The number of anilines is 3. The monoisotopic (exact) mass is 367 g/mol. The van der Waals surface area contributed by atoms with E-state index in [9.17, 15) is 9.59 Å². The van der Waals surface area contributed by atoms with Crippen LogP contribution in [0.25, 0.3) is 0 Å². The van der Waals surface area contributed by atoms with E-state index in [0.717, 1.165) is 27.5 Å². The van der Waals surface area contributed by atoms with Crippen LogP contribution in [0.4, 0.5) is 17.1 Å². The summed E-state index contributed by atoms with van der Waals surface area (Å²) in [5.74, 6) is -0.127. The zero-order valence-corrected chi connectivity index (χ0v) is 15.9. The van der Waals surface area contributed by atoms with Gasteiger partial charge in [-0.1, -0.05) is 23.9 Å². The molecule has 2 aliphatic heterocycles. The van der Waals surface area contributed by atoms with Gasteiger partial charge in [-0.3, -0.25) is 14.5 Å². The Morgan fingerprint density at radius 1 is 1.23 bits per heavy atom. The predicted molar refractivity (Wildman–Crippen MR) is 106 cm³/mol. The molecule has 0 bridgehead atoms. The van der Waals surface area contributed by atoms with Crippen LogP contribution in [0.5, 0.6) is 0 Å². The summed E-state index contributed by atoms with van der Waals surface area (Å²) in [6.45, 7) is 2.02. The molecule has 0 aromatic heterocycles. The molecule has 134 valence electrons. The highest BCUT2D eigenvalue weighted by Gasteiger charge is 2.57. The third kappa shape index (κ3) is 2.48. The van der Waals surface area contributed by atoms with Gasteiger partial charge in [0.2, 0.25) is 5.91 Å². The molecule has 2 aromatic rings. The van der Waals surface area contributed by atoms with Crippen molar-refractivity contribution in [2.45, 2.75) is 29.5 Å². The smallest absolute Gasteiger partial charge is 0.261 e. The van der Waals surface area contributed by atoms with Gasteiger partial charge in [-0.2, -0.15) is 0 Å². The van der Waals surface area contributed by atoms with Gasteiger partial charge in [-0.25, -0.2) is 0 Å². The molecule has 5 nitrogen and oxygen atoms in total. The largest absolute Gasteiger partial charge is 0.377 e. The van der Waals surface area contributed by atoms with Gasteiger partial charge >= 0.3 is 0 Å². The van der Waals surface area contributed by atoms with Crippen molar-refractivity contribution in [1.82, 2.24) is 0 Å². The van der Waals surface area contributed by atoms with Crippen molar-refractivity contribution < 1.29 is 9.59 Å². The molecule has 0 saturated carbocycles. The maximum Gasteiger partial charge on any atom is 0.261 e. The minimum atomic E-state index is -0.880. The molecule has 6 heteroatoms. The fraction of sp³-hybridized carbons (Fsp3) is 0.300. The van der Waals surface area contributed by atoms with E-state index in [0.29, 0.717) is 12.8 Å². The molecule has 0 radical (unpaired) electrons. The van der Waals surface area contributed by atoms with Crippen molar-refractivity contribution in [3.05, 3.63) is 48.0 Å². The van der Waals surface area contributed by atoms with Crippen molar-refractivity contribution in [1.29, 1.82) is 0 Å². The van der Waals surface area contributed by atoms with E-state index < -0.39 is 4.87 Å². The van der Waals surface area contributed by atoms with E-state index in [1.54, 1.807) is 4.90 Å². The van der Waals surface area contributed by atoms with E-state index >= 15 is 0 Å². The number of thioether (sulfide) groups is 1. The molecular weight excluding hydrogens is 346 g/mol. The van der Waals surface area contributed by atoms with Crippen LogP contribution in [0.3, 0.4) is 0 Å². The van der Waals surface area contributed by atoms with Crippen molar-refractivity contribution >= 4 is 40.6 Å². The number of para-hydroxylation sites is 1. The number of amides is 2. The Labute approximate surface area is 157 Å². The second kappa shape index (κ2) is 6.06. The molecule has 2 amide bonds. The first-order valence-electron chi connectivity index (χ1n) is 8.63. The number of aryl methyl sites for hydroxylation is 1. The molecule has 4 rings (SSSR count). The number of hydrogen-bond donors (Lipinski definition) is 1. The summed E-state index contributed by atoms with van der Waals surface area (Å²) < 4.78 is 0. The molecule has 1 fully saturated rings. The highest BCUT2D eigenvalue weighted by atomic mass is 32.2. The summed E-state index contributed by atoms with van der Waals surface area (Å²) in [5.41, 5.74) is 3.80. The summed E-state index contributed by atoms with van der Waals surface area (Å²) in [6, 6.07) is 13.6. The van der Waals surface area contributed by atoms with Crippen LogP contribution in [0.15, 0.2) is 47.4 Å². The summed E-state index contributed by atoms with van der Waals surface area (Å²) >= 11 is 1.48. The van der Waals surface area contributed by atoms with Gasteiger partial charge in [0, 0.05) is 36.8 Å². The summed E-state index contributed by atoms with van der Waals surface area (Å²) in [7, 11) is 3.99. The Morgan fingerprint density at radius 3 is 2.73 bits per heavy atom. The van der Waals surface area contributed by atoms with Gasteiger partial charge in [0.15, 0.2) is 4.87 Å². The first-order chi connectivity index (χ1) is 12.4. The lowest BCUT2D eigenvalue weighted by Gasteiger charge is -2.29. The Hall–Kier alpha value is -2.47. The molecular formula is C20H21N3O2S. The average molecular weight is 367 g/mol. The molecule has 0 spiro atoms. The molecule has 26 heavy (non-hydrogen) atoms. The number of carbonyl (C=O) groups excluding carboxylic acids is 2. The van der Waals surface area contributed by atoms with E-state index in [-0.39, 0.29) is 11.8 Å². The van der Waals surface area contributed by atoms with Gasteiger partial charge < -0.3 is 10.2 Å².